The maximum absolute atomic E-state index is 9.20. The lowest BCUT2D eigenvalue weighted by Gasteiger charge is -2.24. The van der Waals surface area contributed by atoms with Gasteiger partial charge in [0.05, 0.1) is 6.61 Å². The molecule has 0 aliphatic rings. The number of nitrogens with one attached hydrogen (secondary N) is 1. The van der Waals surface area contributed by atoms with Crippen molar-refractivity contribution in [2.45, 2.75) is 46.2 Å². The van der Waals surface area contributed by atoms with Crippen molar-refractivity contribution in [3.63, 3.8) is 0 Å². The Bertz CT molecular complexity index is 396. The van der Waals surface area contributed by atoms with Gasteiger partial charge >= 0.3 is 0 Å². The lowest BCUT2D eigenvalue weighted by Crippen LogP contribution is -2.28. The van der Waals surface area contributed by atoms with Gasteiger partial charge in [0.1, 0.15) is 0 Å². The number of unbranched alkanes of at least 4 members (excludes halogenated alkanes) is 1. The van der Waals surface area contributed by atoms with E-state index in [2.05, 4.69) is 65.1 Å². The van der Waals surface area contributed by atoms with Crippen LogP contribution in [-0.4, -0.2) is 30.8 Å². The molecule has 0 atom stereocenters. The van der Waals surface area contributed by atoms with Gasteiger partial charge in [0.2, 0.25) is 0 Å². The van der Waals surface area contributed by atoms with E-state index in [1.54, 1.807) is 0 Å². The summed E-state index contributed by atoms with van der Waals surface area (Å²) in [5.41, 5.74) is 2.44. The van der Waals surface area contributed by atoms with Crippen molar-refractivity contribution in [3.8, 4) is 0 Å². The number of nitrogens with zero attached hydrogens (tertiary/aromatic N) is 1. The molecule has 0 saturated heterocycles. The van der Waals surface area contributed by atoms with E-state index in [9.17, 15) is 5.11 Å². The summed E-state index contributed by atoms with van der Waals surface area (Å²) >= 11 is 3.66. The van der Waals surface area contributed by atoms with Crippen LogP contribution in [0.5, 0.6) is 0 Å². The summed E-state index contributed by atoms with van der Waals surface area (Å²) in [6.45, 7) is 9.23. The number of halogens is 1. The van der Waals surface area contributed by atoms with Crippen molar-refractivity contribution < 1.29 is 5.11 Å². The van der Waals surface area contributed by atoms with E-state index in [1.807, 2.05) is 0 Å². The van der Waals surface area contributed by atoms with Crippen LogP contribution in [0, 0.1) is 0 Å². The highest BCUT2D eigenvalue weighted by atomic mass is 79.9. The number of hydrogen-bond donors (Lipinski definition) is 2. The number of hydrogen-bond acceptors (Lipinski definition) is 3. The van der Waals surface area contributed by atoms with Crippen molar-refractivity contribution >= 4 is 21.6 Å². The fraction of sp³-hybridized carbons (Fsp3) is 0.625. The summed E-state index contributed by atoms with van der Waals surface area (Å²) in [5, 5.41) is 12.6. The molecule has 1 aromatic rings. The maximum Gasteiger partial charge on any atom is 0.0606 e. The fourth-order valence-electron chi connectivity index (χ4n) is 2.03. The minimum absolute atomic E-state index is 0.192. The smallest absolute Gasteiger partial charge is 0.0606 e. The van der Waals surface area contributed by atoms with Gasteiger partial charge in [0.25, 0.3) is 0 Å². The predicted molar refractivity (Wildman–Crippen MR) is 90.3 cm³/mol. The summed E-state index contributed by atoms with van der Waals surface area (Å²) in [4.78, 5) is 2.24. The standard InChI is InChI=1S/C16H27BrN2O/c1-4-5-8-19(9-10-20)15-7-6-14(16(17)11-15)12-18-13(2)3/h6-7,11,13,18,20H,4-5,8-10,12H2,1-3H3. The molecule has 3 nitrogen and oxygen atoms in total. The van der Waals surface area contributed by atoms with Crippen molar-refractivity contribution in [1.82, 2.24) is 5.32 Å². The summed E-state index contributed by atoms with van der Waals surface area (Å²) in [6.07, 6.45) is 2.31. The van der Waals surface area contributed by atoms with Gasteiger partial charge in [0, 0.05) is 35.8 Å². The normalized spacial score (nSPS) is 11.1. The summed E-state index contributed by atoms with van der Waals surface area (Å²) in [7, 11) is 0. The number of anilines is 1. The molecule has 0 fully saturated rings. The minimum Gasteiger partial charge on any atom is -0.395 e. The van der Waals surface area contributed by atoms with Gasteiger partial charge in [-0.05, 0) is 24.1 Å². The highest BCUT2D eigenvalue weighted by Crippen LogP contribution is 2.24. The van der Waals surface area contributed by atoms with Crippen LogP contribution < -0.4 is 10.2 Å². The first-order chi connectivity index (χ1) is 9.58. The van der Waals surface area contributed by atoms with Gasteiger partial charge in [-0.15, -0.1) is 0 Å². The van der Waals surface area contributed by atoms with Gasteiger partial charge in [0.15, 0.2) is 0 Å². The molecule has 0 bridgehead atoms. The molecule has 0 heterocycles. The molecule has 0 spiro atoms. The highest BCUT2D eigenvalue weighted by Gasteiger charge is 2.08. The Hall–Kier alpha value is -0.580. The largest absolute Gasteiger partial charge is 0.395 e. The third kappa shape index (κ3) is 5.81. The first-order valence-corrected chi connectivity index (χ1v) is 8.25. The third-order valence-corrected chi connectivity index (χ3v) is 3.99. The molecule has 0 radical (unpaired) electrons. The van der Waals surface area contributed by atoms with Crippen LogP contribution in [0.3, 0.4) is 0 Å². The van der Waals surface area contributed by atoms with Gasteiger partial charge in [-0.2, -0.15) is 0 Å². The molecule has 0 aromatic heterocycles. The Morgan fingerprint density at radius 1 is 1.30 bits per heavy atom. The van der Waals surface area contributed by atoms with Crippen LogP contribution in [0.1, 0.15) is 39.2 Å². The number of aliphatic hydroxyl groups excluding tert-OH is 1. The van der Waals surface area contributed by atoms with E-state index in [4.69, 9.17) is 0 Å². The van der Waals surface area contributed by atoms with Crippen LogP contribution in [0.15, 0.2) is 22.7 Å². The summed E-state index contributed by atoms with van der Waals surface area (Å²) in [6, 6.07) is 6.94. The van der Waals surface area contributed by atoms with Crippen LogP contribution in [-0.2, 0) is 6.54 Å². The van der Waals surface area contributed by atoms with Crippen LogP contribution >= 0.6 is 15.9 Å². The zero-order valence-electron chi connectivity index (χ0n) is 12.8. The molecule has 0 aliphatic carbocycles. The van der Waals surface area contributed by atoms with Crippen molar-refractivity contribution in [2.24, 2.45) is 0 Å². The minimum atomic E-state index is 0.192. The highest BCUT2D eigenvalue weighted by molar-refractivity contribution is 9.10. The predicted octanol–water partition coefficient (Wildman–Crippen LogP) is 3.55. The Balaban J connectivity index is 2.76. The molecule has 0 unspecified atom stereocenters. The number of aliphatic hydroxyl groups is 1. The summed E-state index contributed by atoms with van der Waals surface area (Å²) in [5.74, 6) is 0. The van der Waals surface area contributed by atoms with E-state index in [0.29, 0.717) is 12.6 Å². The Morgan fingerprint density at radius 3 is 2.60 bits per heavy atom. The van der Waals surface area contributed by atoms with E-state index in [-0.39, 0.29) is 6.61 Å². The number of rotatable bonds is 9. The van der Waals surface area contributed by atoms with Gasteiger partial charge in [-0.3, -0.25) is 0 Å². The SMILES string of the molecule is CCCCN(CCO)c1ccc(CNC(C)C)c(Br)c1. The maximum atomic E-state index is 9.20. The quantitative estimate of drug-likeness (QED) is 0.720. The zero-order chi connectivity index (χ0) is 15.0. The third-order valence-electron chi connectivity index (χ3n) is 3.25. The topological polar surface area (TPSA) is 35.5 Å². The molecule has 4 heteroatoms. The molecular formula is C16H27BrN2O. The lowest BCUT2D eigenvalue weighted by atomic mass is 10.1. The first-order valence-electron chi connectivity index (χ1n) is 7.46. The second-order valence-corrected chi connectivity index (χ2v) is 6.23. The van der Waals surface area contributed by atoms with Gasteiger partial charge in [-0.25, -0.2) is 0 Å². The van der Waals surface area contributed by atoms with Crippen LogP contribution in [0.4, 0.5) is 5.69 Å². The summed E-state index contributed by atoms with van der Waals surface area (Å²) < 4.78 is 1.13. The van der Waals surface area contributed by atoms with E-state index in [0.717, 1.165) is 24.0 Å². The van der Waals surface area contributed by atoms with Crippen LogP contribution in [0.2, 0.25) is 0 Å². The fourth-order valence-corrected chi connectivity index (χ4v) is 2.54. The molecule has 0 aliphatic heterocycles. The monoisotopic (exact) mass is 342 g/mol. The Labute approximate surface area is 131 Å². The molecule has 114 valence electrons. The van der Waals surface area contributed by atoms with Crippen molar-refractivity contribution in [2.75, 3.05) is 24.6 Å². The lowest BCUT2D eigenvalue weighted by molar-refractivity contribution is 0.301. The Morgan fingerprint density at radius 2 is 2.05 bits per heavy atom. The molecule has 2 N–H and O–H groups in total. The van der Waals surface area contributed by atoms with Crippen molar-refractivity contribution in [3.05, 3.63) is 28.2 Å². The molecule has 0 amide bonds. The van der Waals surface area contributed by atoms with E-state index < -0.39 is 0 Å². The zero-order valence-corrected chi connectivity index (χ0v) is 14.4. The molecule has 20 heavy (non-hydrogen) atoms. The first kappa shape index (κ1) is 17.5. The average Bonchev–Trinajstić information content (AvgIpc) is 2.42. The van der Waals surface area contributed by atoms with E-state index in [1.165, 1.54) is 17.7 Å². The van der Waals surface area contributed by atoms with Gasteiger partial charge < -0.3 is 15.3 Å². The van der Waals surface area contributed by atoms with Crippen molar-refractivity contribution in [1.29, 1.82) is 0 Å². The Kier molecular flexibility index (Phi) is 8.19. The van der Waals surface area contributed by atoms with Gasteiger partial charge in [-0.1, -0.05) is 49.2 Å². The number of benzene rings is 1. The van der Waals surface area contributed by atoms with Crippen LogP contribution in [0.25, 0.3) is 0 Å². The second-order valence-electron chi connectivity index (χ2n) is 5.38. The average molecular weight is 343 g/mol. The molecular weight excluding hydrogens is 316 g/mol. The molecule has 1 aromatic carbocycles. The molecule has 0 saturated carbocycles. The molecule has 1 rings (SSSR count). The van der Waals surface area contributed by atoms with E-state index >= 15 is 0 Å². The second kappa shape index (κ2) is 9.37.